The molecule has 2 aromatic rings. The number of methoxy groups -OCH3 is 1. The summed E-state index contributed by atoms with van der Waals surface area (Å²) in [5.41, 5.74) is 0.639. The number of nitrogens with zero attached hydrogens (tertiary/aromatic N) is 1. The highest BCUT2D eigenvalue weighted by Crippen LogP contribution is 2.28. The molecule has 0 bridgehead atoms. The lowest BCUT2D eigenvalue weighted by molar-refractivity contribution is -0.380. The molecule has 0 saturated carbocycles. The summed E-state index contributed by atoms with van der Waals surface area (Å²) in [5.74, 6) is 0.0141. The van der Waals surface area contributed by atoms with Crippen molar-refractivity contribution in [2.75, 3.05) is 12.4 Å². The number of rotatable bonds is 5. The average Bonchev–Trinajstić information content (AvgIpc) is 2.86. The highest BCUT2D eigenvalue weighted by Gasteiger charge is 2.10. The highest BCUT2D eigenvalue weighted by molar-refractivity contribution is 7.15. The molecule has 7 heteroatoms. The van der Waals surface area contributed by atoms with E-state index in [4.69, 9.17) is 4.74 Å². The first-order chi connectivity index (χ1) is 9.10. The van der Waals surface area contributed by atoms with Gasteiger partial charge in [0.15, 0.2) is 0 Å². The summed E-state index contributed by atoms with van der Waals surface area (Å²) < 4.78 is 18.1. The van der Waals surface area contributed by atoms with Crippen LogP contribution in [0.2, 0.25) is 0 Å². The van der Waals surface area contributed by atoms with E-state index in [1.54, 1.807) is 12.1 Å². The smallest absolute Gasteiger partial charge is 0.324 e. The lowest BCUT2D eigenvalue weighted by Crippen LogP contribution is -2.00. The van der Waals surface area contributed by atoms with E-state index in [2.05, 4.69) is 5.32 Å². The predicted molar refractivity (Wildman–Crippen MR) is 71.3 cm³/mol. The predicted octanol–water partition coefficient (Wildman–Crippen LogP) is 3.42. The summed E-state index contributed by atoms with van der Waals surface area (Å²) in [6, 6.07) is 7.31. The normalized spacial score (nSPS) is 10.2. The summed E-state index contributed by atoms with van der Waals surface area (Å²) >= 11 is 1.10. The van der Waals surface area contributed by atoms with Gasteiger partial charge in [-0.3, -0.25) is 10.1 Å². The molecule has 0 radical (unpaired) electrons. The number of hydrogen-bond donors (Lipinski definition) is 1. The van der Waals surface area contributed by atoms with Crippen LogP contribution in [0, 0.1) is 15.9 Å². The highest BCUT2D eigenvalue weighted by atomic mass is 32.1. The summed E-state index contributed by atoms with van der Waals surface area (Å²) in [4.78, 5) is 11.0. The van der Waals surface area contributed by atoms with Gasteiger partial charge in [-0.2, -0.15) is 0 Å². The average molecular weight is 282 g/mol. The quantitative estimate of drug-likeness (QED) is 0.674. The molecule has 0 aliphatic carbocycles. The maximum atomic E-state index is 13.0. The molecule has 5 nitrogen and oxygen atoms in total. The van der Waals surface area contributed by atoms with E-state index in [1.165, 1.54) is 25.3 Å². The second kappa shape index (κ2) is 5.66. The lowest BCUT2D eigenvalue weighted by atomic mass is 10.3. The SMILES string of the molecule is COc1cc(F)ccc1NCc1ccc([N+](=O)[O-])s1. The van der Waals surface area contributed by atoms with E-state index < -0.39 is 4.92 Å². The Hall–Kier alpha value is -2.15. The fourth-order valence-electron chi connectivity index (χ4n) is 1.55. The topological polar surface area (TPSA) is 64.4 Å². The van der Waals surface area contributed by atoms with Gasteiger partial charge in [0.25, 0.3) is 0 Å². The van der Waals surface area contributed by atoms with Gasteiger partial charge < -0.3 is 10.1 Å². The van der Waals surface area contributed by atoms with Crippen LogP contribution in [0.25, 0.3) is 0 Å². The third-order valence-corrected chi connectivity index (χ3v) is 3.48. The molecule has 19 heavy (non-hydrogen) atoms. The van der Waals surface area contributed by atoms with Gasteiger partial charge in [-0.15, -0.1) is 0 Å². The molecule has 100 valence electrons. The Labute approximate surface area is 112 Å². The van der Waals surface area contributed by atoms with Gasteiger partial charge in [0.2, 0.25) is 0 Å². The Morgan fingerprint density at radius 1 is 1.42 bits per heavy atom. The molecule has 0 unspecified atom stereocenters. The van der Waals surface area contributed by atoms with Crippen LogP contribution in [0.1, 0.15) is 4.88 Å². The van der Waals surface area contributed by atoms with Crippen molar-refractivity contribution < 1.29 is 14.1 Å². The molecule has 1 aromatic carbocycles. The van der Waals surface area contributed by atoms with E-state index in [0.717, 1.165) is 16.2 Å². The van der Waals surface area contributed by atoms with Crippen LogP contribution in [0.15, 0.2) is 30.3 Å². The van der Waals surface area contributed by atoms with Gasteiger partial charge in [0, 0.05) is 23.6 Å². The van der Waals surface area contributed by atoms with Gasteiger partial charge in [-0.05, 0) is 18.2 Å². The number of nitro groups is 1. The third-order valence-electron chi connectivity index (χ3n) is 2.44. The molecule has 0 atom stereocenters. The Morgan fingerprint density at radius 3 is 2.84 bits per heavy atom. The molecule has 0 fully saturated rings. The van der Waals surface area contributed by atoms with Gasteiger partial charge in [0.1, 0.15) is 11.6 Å². The molecule has 2 rings (SSSR count). The van der Waals surface area contributed by atoms with Crippen LogP contribution in [-0.4, -0.2) is 12.0 Å². The third kappa shape index (κ3) is 3.19. The fourth-order valence-corrected chi connectivity index (χ4v) is 2.31. The minimum absolute atomic E-state index is 0.0999. The van der Waals surface area contributed by atoms with Crippen molar-refractivity contribution in [2.45, 2.75) is 6.54 Å². The van der Waals surface area contributed by atoms with Crippen molar-refractivity contribution in [2.24, 2.45) is 0 Å². The molecule has 0 aliphatic rings. The molecular weight excluding hydrogens is 271 g/mol. The van der Waals surface area contributed by atoms with Crippen molar-refractivity contribution in [3.63, 3.8) is 0 Å². The van der Waals surface area contributed by atoms with Crippen LogP contribution in [0.5, 0.6) is 5.75 Å². The molecule has 0 amide bonds. The van der Waals surface area contributed by atoms with Gasteiger partial charge in [-0.25, -0.2) is 4.39 Å². The lowest BCUT2D eigenvalue weighted by Gasteiger charge is -2.10. The fraction of sp³-hybridized carbons (Fsp3) is 0.167. The van der Waals surface area contributed by atoms with Gasteiger partial charge >= 0.3 is 5.00 Å². The maximum Gasteiger partial charge on any atom is 0.324 e. The Balaban J connectivity index is 2.07. The van der Waals surface area contributed by atoms with E-state index in [9.17, 15) is 14.5 Å². The van der Waals surface area contributed by atoms with Crippen molar-refractivity contribution in [1.82, 2.24) is 0 Å². The van der Waals surface area contributed by atoms with Crippen molar-refractivity contribution in [1.29, 1.82) is 0 Å². The summed E-state index contributed by atoms with van der Waals surface area (Å²) in [6.07, 6.45) is 0. The van der Waals surface area contributed by atoms with Crippen LogP contribution in [-0.2, 0) is 6.54 Å². The summed E-state index contributed by atoms with van der Waals surface area (Å²) in [7, 11) is 1.45. The van der Waals surface area contributed by atoms with Crippen LogP contribution in [0.3, 0.4) is 0 Å². The summed E-state index contributed by atoms with van der Waals surface area (Å²) in [6.45, 7) is 0.417. The molecule has 1 aromatic heterocycles. The van der Waals surface area contributed by atoms with Crippen LogP contribution < -0.4 is 10.1 Å². The summed E-state index contributed by atoms with van der Waals surface area (Å²) in [5, 5.41) is 13.7. The van der Waals surface area contributed by atoms with E-state index in [0.29, 0.717) is 18.0 Å². The molecule has 0 aliphatic heterocycles. The number of anilines is 1. The van der Waals surface area contributed by atoms with Crippen molar-refractivity contribution in [3.05, 3.63) is 51.1 Å². The standard InChI is InChI=1S/C12H11FN2O3S/c1-18-11-6-8(13)2-4-10(11)14-7-9-3-5-12(19-9)15(16)17/h2-6,14H,7H2,1H3. The Kier molecular flexibility index (Phi) is 3.96. The van der Waals surface area contributed by atoms with E-state index in [1.807, 2.05) is 0 Å². The monoisotopic (exact) mass is 282 g/mol. The van der Waals surface area contributed by atoms with Gasteiger partial charge in [0.05, 0.1) is 17.7 Å². The van der Waals surface area contributed by atoms with Crippen LogP contribution in [0.4, 0.5) is 15.1 Å². The maximum absolute atomic E-state index is 13.0. The Morgan fingerprint density at radius 2 is 2.21 bits per heavy atom. The van der Waals surface area contributed by atoms with Crippen LogP contribution >= 0.6 is 11.3 Å². The zero-order valence-corrected chi connectivity index (χ0v) is 10.9. The molecule has 0 spiro atoms. The first kappa shape index (κ1) is 13.3. The number of nitrogens with one attached hydrogen (secondary N) is 1. The zero-order valence-electron chi connectivity index (χ0n) is 10.1. The first-order valence-electron chi connectivity index (χ1n) is 5.40. The molecular formula is C12H11FN2O3S. The number of benzene rings is 1. The number of thiophene rings is 1. The molecule has 1 N–H and O–H groups in total. The second-order valence-electron chi connectivity index (χ2n) is 3.70. The number of ether oxygens (including phenoxy) is 1. The molecule has 1 heterocycles. The van der Waals surface area contributed by atoms with E-state index >= 15 is 0 Å². The number of hydrogen-bond acceptors (Lipinski definition) is 5. The minimum Gasteiger partial charge on any atom is -0.494 e. The largest absolute Gasteiger partial charge is 0.494 e. The minimum atomic E-state index is -0.424. The zero-order chi connectivity index (χ0) is 13.8. The molecule has 0 saturated heterocycles. The number of halogens is 1. The Bertz CT molecular complexity index is 600. The second-order valence-corrected chi connectivity index (χ2v) is 4.84. The van der Waals surface area contributed by atoms with Crippen molar-refractivity contribution in [3.8, 4) is 5.75 Å². The first-order valence-corrected chi connectivity index (χ1v) is 6.22. The van der Waals surface area contributed by atoms with Gasteiger partial charge in [-0.1, -0.05) is 11.3 Å². The van der Waals surface area contributed by atoms with E-state index in [-0.39, 0.29) is 10.8 Å². The van der Waals surface area contributed by atoms with Crippen molar-refractivity contribution >= 4 is 22.0 Å².